The molecule has 1 aromatic heterocycles. The molecular weight excluding hydrogens is 396 g/mol. The Bertz CT molecular complexity index is 1200. The van der Waals surface area contributed by atoms with Crippen LogP contribution in [0.1, 0.15) is 16.8 Å². The molecule has 31 heavy (non-hydrogen) atoms. The maximum absolute atomic E-state index is 13.6. The first-order valence-corrected chi connectivity index (χ1v) is 10.2. The summed E-state index contributed by atoms with van der Waals surface area (Å²) >= 11 is 0. The number of fused-ring (bicyclic) bond motifs is 5. The van der Waals surface area contributed by atoms with E-state index in [4.69, 9.17) is 18.9 Å². The zero-order valence-electron chi connectivity index (χ0n) is 17.0. The second kappa shape index (κ2) is 6.63. The molecule has 1 amide bonds. The predicted octanol–water partition coefficient (Wildman–Crippen LogP) is 3.09. The van der Waals surface area contributed by atoms with Crippen LogP contribution in [-0.2, 0) is 16.8 Å². The van der Waals surface area contributed by atoms with Gasteiger partial charge >= 0.3 is 0 Å². The topological polar surface area (TPSA) is 70.1 Å². The lowest BCUT2D eigenvalue weighted by molar-refractivity contribution is -0.121. The van der Waals surface area contributed by atoms with Crippen molar-refractivity contribution < 1.29 is 23.7 Å². The minimum Gasteiger partial charge on any atom is -0.491 e. The minimum atomic E-state index is -0.990. The van der Waals surface area contributed by atoms with Gasteiger partial charge in [-0.25, -0.2) is 0 Å². The van der Waals surface area contributed by atoms with E-state index in [0.29, 0.717) is 42.8 Å². The van der Waals surface area contributed by atoms with Gasteiger partial charge < -0.3 is 23.8 Å². The fourth-order valence-corrected chi connectivity index (χ4v) is 4.66. The van der Waals surface area contributed by atoms with Crippen LogP contribution in [0.2, 0.25) is 0 Å². The van der Waals surface area contributed by atoms with Gasteiger partial charge in [0.25, 0.3) is 0 Å². The van der Waals surface area contributed by atoms with Gasteiger partial charge in [-0.05, 0) is 30.3 Å². The number of carbonyl (C=O) groups excluding carboxylic acids is 1. The van der Waals surface area contributed by atoms with E-state index in [1.54, 1.807) is 18.1 Å². The normalized spacial score (nSPS) is 20.4. The molecule has 0 saturated heterocycles. The molecule has 3 aliphatic rings. The standard InChI is InChI=1S/C24H20N2O5/c1-26-17-6-4-7-18(30-13-15-5-2-3-8-25-15)22(17)24(23(26)27)14-31-19-12-21-20(11-16(19)24)28-9-10-29-21/h2-8,11-12H,9-10,13-14H2,1H3. The number of hydrogen-bond acceptors (Lipinski definition) is 6. The molecule has 1 unspecified atom stereocenters. The third-order valence-electron chi connectivity index (χ3n) is 6.11. The highest BCUT2D eigenvalue weighted by molar-refractivity contribution is 6.12. The van der Waals surface area contributed by atoms with Gasteiger partial charge in [-0.1, -0.05) is 12.1 Å². The molecular formula is C24H20N2O5. The van der Waals surface area contributed by atoms with Crippen molar-refractivity contribution in [3.8, 4) is 23.0 Å². The van der Waals surface area contributed by atoms with Crippen molar-refractivity contribution in [3.63, 3.8) is 0 Å². The maximum atomic E-state index is 13.6. The molecule has 7 heteroatoms. The number of anilines is 1. The van der Waals surface area contributed by atoms with E-state index in [-0.39, 0.29) is 12.5 Å². The van der Waals surface area contributed by atoms with Gasteiger partial charge in [0.1, 0.15) is 43.3 Å². The summed E-state index contributed by atoms with van der Waals surface area (Å²) < 4.78 is 23.7. The summed E-state index contributed by atoms with van der Waals surface area (Å²) in [7, 11) is 1.79. The highest BCUT2D eigenvalue weighted by Gasteiger charge is 2.58. The lowest BCUT2D eigenvalue weighted by Crippen LogP contribution is -2.41. The number of pyridine rings is 1. The lowest BCUT2D eigenvalue weighted by Gasteiger charge is -2.25. The van der Waals surface area contributed by atoms with Gasteiger partial charge in [0.2, 0.25) is 5.91 Å². The Hall–Kier alpha value is -3.74. The van der Waals surface area contributed by atoms with Crippen LogP contribution in [0.25, 0.3) is 0 Å². The van der Waals surface area contributed by atoms with Crippen molar-refractivity contribution in [1.29, 1.82) is 0 Å². The number of carbonyl (C=O) groups is 1. The van der Waals surface area contributed by atoms with Gasteiger partial charge in [0.15, 0.2) is 11.5 Å². The van der Waals surface area contributed by atoms with Gasteiger partial charge in [0, 0.05) is 30.4 Å². The molecule has 0 bridgehead atoms. The summed E-state index contributed by atoms with van der Waals surface area (Å²) in [5, 5.41) is 0. The van der Waals surface area contributed by atoms with Crippen LogP contribution in [0.5, 0.6) is 23.0 Å². The van der Waals surface area contributed by atoms with E-state index < -0.39 is 5.41 Å². The van der Waals surface area contributed by atoms with Gasteiger partial charge in [0.05, 0.1) is 11.4 Å². The molecule has 0 saturated carbocycles. The van der Waals surface area contributed by atoms with Gasteiger partial charge in [-0.2, -0.15) is 0 Å². The summed E-state index contributed by atoms with van der Waals surface area (Å²) in [6.07, 6.45) is 1.74. The highest BCUT2D eigenvalue weighted by Crippen LogP contribution is 2.56. The Morgan fingerprint density at radius 3 is 2.68 bits per heavy atom. The Balaban J connectivity index is 1.49. The summed E-state index contributed by atoms with van der Waals surface area (Å²) in [6, 6.07) is 15.1. The minimum absolute atomic E-state index is 0.0492. The first-order valence-electron chi connectivity index (χ1n) is 10.2. The van der Waals surface area contributed by atoms with Crippen LogP contribution >= 0.6 is 0 Å². The molecule has 0 N–H and O–H groups in total. The highest BCUT2D eigenvalue weighted by atomic mass is 16.6. The van der Waals surface area contributed by atoms with E-state index >= 15 is 0 Å². The first kappa shape index (κ1) is 18.1. The zero-order chi connectivity index (χ0) is 21.0. The van der Waals surface area contributed by atoms with E-state index in [1.165, 1.54) is 0 Å². The molecule has 7 nitrogen and oxygen atoms in total. The first-order chi connectivity index (χ1) is 15.2. The largest absolute Gasteiger partial charge is 0.491 e. The lowest BCUT2D eigenvalue weighted by atomic mass is 9.76. The number of ether oxygens (including phenoxy) is 4. The van der Waals surface area contributed by atoms with Crippen LogP contribution < -0.4 is 23.8 Å². The maximum Gasteiger partial charge on any atom is 0.245 e. The van der Waals surface area contributed by atoms with Crippen molar-refractivity contribution in [2.75, 3.05) is 31.8 Å². The average Bonchev–Trinajstić information content (AvgIpc) is 3.29. The number of benzene rings is 2. The number of hydrogen-bond donors (Lipinski definition) is 0. The van der Waals surface area contributed by atoms with Crippen molar-refractivity contribution in [2.24, 2.45) is 0 Å². The third-order valence-corrected chi connectivity index (χ3v) is 6.11. The van der Waals surface area contributed by atoms with Crippen molar-refractivity contribution in [3.05, 3.63) is 71.5 Å². The molecule has 6 rings (SSSR count). The second-order valence-electron chi connectivity index (χ2n) is 7.81. The Kier molecular flexibility index (Phi) is 3.86. The summed E-state index contributed by atoms with van der Waals surface area (Å²) in [5.74, 6) is 2.50. The van der Waals surface area contributed by atoms with E-state index in [9.17, 15) is 4.79 Å². The van der Waals surface area contributed by atoms with Crippen LogP contribution in [0.3, 0.4) is 0 Å². The van der Waals surface area contributed by atoms with Crippen molar-refractivity contribution in [1.82, 2.24) is 4.98 Å². The van der Waals surface area contributed by atoms with Crippen LogP contribution in [0, 0.1) is 0 Å². The van der Waals surface area contributed by atoms with Crippen molar-refractivity contribution in [2.45, 2.75) is 12.0 Å². The van der Waals surface area contributed by atoms with Crippen LogP contribution in [0.4, 0.5) is 5.69 Å². The quantitative estimate of drug-likeness (QED) is 0.654. The molecule has 1 spiro atoms. The van der Waals surface area contributed by atoms with E-state index in [0.717, 1.165) is 22.5 Å². The third kappa shape index (κ3) is 2.52. The SMILES string of the molecule is CN1C(=O)C2(COc3cc4c(cc32)OCCO4)c2c(OCc3ccccn3)cccc21. The fraction of sp³-hybridized carbons (Fsp3) is 0.250. The molecule has 156 valence electrons. The van der Waals surface area contributed by atoms with Crippen molar-refractivity contribution >= 4 is 11.6 Å². The second-order valence-corrected chi connectivity index (χ2v) is 7.81. The Morgan fingerprint density at radius 2 is 1.87 bits per heavy atom. The number of nitrogens with zero attached hydrogens (tertiary/aromatic N) is 2. The van der Waals surface area contributed by atoms with E-state index in [2.05, 4.69) is 4.98 Å². The molecule has 1 atom stereocenters. The van der Waals surface area contributed by atoms with Crippen LogP contribution in [0.15, 0.2) is 54.7 Å². The number of amides is 1. The van der Waals surface area contributed by atoms with E-state index in [1.807, 2.05) is 48.5 Å². The predicted molar refractivity (Wildman–Crippen MR) is 112 cm³/mol. The summed E-state index contributed by atoms with van der Waals surface area (Å²) in [5.41, 5.74) is 2.23. The molecule has 3 aromatic rings. The smallest absolute Gasteiger partial charge is 0.245 e. The zero-order valence-corrected chi connectivity index (χ0v) is 17.0. The van der Waals surface area contributed by atoms with Crippen LogP contribution in [-0.4, -0.2) is 37.8 Å². The number of likely N-dealkylation sites (N-methyl/N-ethyl adjacent to an activating group) is 1. The fourth-order valence-electron chi connectivity index (χ4n) is 4.66. The summed E-state index contributed by atoms with van der Waals surface area (Å²) in [4.78, 5) is 19.7. The molecule has 2 aromatic carbocycles. The van der Waals surface area contributed by atoms with Gasteiger partial charge in [-0.15, -0.1) is 0 Å². The Morgan fingerprint density at radius 1 is 1.03 bits per heavy atom. The summed E-state index contributed by atoms with van der Waals surface area (Å²) in [6.45, 7) is 1.47. The monoisotopic (exact) mass is 416 g/mol. The molecule has 0 fully saturated rings. The molecule has 0 radical (unpaired) electrons. The van der Waals surface area contributed by atoms with Gasteiger partial charge in [-0.3, -0.25) is 9.78 Å². The number of aromatic nitrogens is 1. The molecule has 0 aliphatic carbocycles. The number of rotatable bonds is 3. The molecule has 3 aliphatic heterocycles. The Labute approximate surface area is 179 Å². The molecule has 4 heterocycles. The average molecular weight is 416 g/mol.